The van der Waals surface area contributed by atoms with Crippen molar-refractivity contribution in [1.29, 1.82) is 0 Å². The van der Waals surface area contributed by atoms with Crippen molar-refractivity contribution in [2.24, 2.45) is 4.99 Å². The van der Waals surface area contributed by atoms with Gasteiger partial charge in [-0.1, -0.05) is 26.8 Å². The molecule has 0 bridgehead atoms. The van der Waals surface area contributed by atoms with Crippen LogP contribution in [0.2, 0.25) is 0 Å². The summed E-state index contributed by atoms with van der Waals surface area (Å²) in [5.41, 5.74) is 5.27. The summed E-state index contributed by atoms with van der Waals surface area (Å²) < 4.78 is 0. The third-order valence-electron chi connectivity index (χ3n) is 2.74. The van der Waals surface area contributed by atoms with Crippen molar-refractivity contribution in [3.8, 4) is 0 Å². The molecule has 0 spiro atoms. The smallest absolute Gasteiger partial charge is 0.0660 e. The minimum Gasteiger partial charge on any atom is -0.261 e. The van der Waals surface area contributed by atoms with E-state index in [2.05, 4.69) is 44.8 Å². The van der Waals surface area contributed by atoms with Crippen molar-refractivity contribution in [3.63, 3.8) is 0 Å². The number of hydrogen-bond donors (Lipinski definition) is 0. The Morgan fingerprint density at radius 3 is 2.47 bits per heavy atom. The first kappa shape index (κ1) is 12.0. The minimum absolute atomic E-state index is 0.593. The molecule has 0 aliphatic carbocycles. The molecule has 0 aliphatic heterocycles. The average molecular weight is 203 g/mol. The van der Waals surface area contributed by atoms with E-state index in [4.69, 9.17) is 0 Å². The number of aryl methyl sites for hydroxylation is 2. The van der Waals surface area contributed by atoms with Crippen LogP contribution in [0.25, 0.3) is 0 Å². The van der Waals surface area contributed by atoms with Crippen LogP contribution in [-0.4, -0.2) is 6.21 Å². The van der Waals surface area contributed by atoms with Gasteiger partial charge in [0.2, 0.25) is 0 Å². The van der Waals surface area contributed by atoms with Gasteiger partial charge in [0.05, 0.1) is 5.69 Å². The first-order valence-corrected chi connectivity index (χ1v) is 5.72. The largest absolute Gasteiger partial charge is 0.261 e. The Morgan fingerprint density at radius 1 is 1.33 bits per heavy atom. The van der Waals surface area contributed by atoms with Crippen LogP contribution < -0.4 is 0 Å². The van der Waals surface area contributed by atoms with Gasteiger partial charge in [-0.15, -0.1) is 0 Å². The molecule has 0 fully saturated rings. The molecule has 0 saturated heterocycles. The molecule has 1 nitrogen and oxygen atoms in total. The van der Waals surface area contributed by atoms with Crippen LogP contribution in [0.5, 0.6) is 0 Å². The van der Waals surface area contributed by atoms with Gasteiger partial charge in [0.1, 0.15) is 0 Å². The summed E-state index contributed by atoms with van der Waals surface area (Å²) in [7, 11) is 0. The number of benzene rings is 1. The molecule has 0 saturated carbocycles. The molecule has 1 heteroatoms. The Bertz CT molecular complexity index is 362. The third kappa shape index (κ3) is 2.68. The molecule has 1 aromatic rings. The Morgan fingerprint density at radius 2 is 2.00 bits per heavy atom. The van der Waals surface area contributed by atoms with E-state index in [1.807, 2.05) is 13.1 Å². The van der Waals surface area contributed by atoms with Crippen LogP contribution in [0.3, 0.4) is 0 Å². The second-order valence-corrected chi connectivity index (χ2v) is 4.23. The monoisotopic (exact) mass is 203 g/mol. The second kappa shape index (κ2) is 5.11. The summed E-state index contributed by atoms with van der Waals surface area (Å²) in [5, 5.41) is 0. The molecule has 0 amide bonds. The van der Waals surface area contributed by atoms with Gasteiger partial charge in [0.25, 0.3) is 0 Å². The molecule has 0 unspecified atom stereocenters. The van der Waals surface area contributed by atoms with E-state index in [1.165, 1.54) is 16.7 Å². The third-order valence-corrected chi connectivity index (χ3v) is 2.74. The van der Waals surface area contributed by atoms with Gasteiger partial charge in [-0.25, -0.2) is 0 Å². The first-order valence-electron chi connectivity index (χ1n) is 5.72. The Kier molecular flexibility index (Phi) is 4.07. The average Bonchev–Trinajstić information content (AvgIpc) is 2.18. The van der Waals surface area contributed by atoms with E-state index >= 15 is 0 Å². The highest BCUT2D eigenvalue weighted by atomic mass is 14.7. The van der Waals surface area contributed by atoms with Crippen LogP contribution >= 0.6 is 0 Å². The highest BCUT2D eigenvalue weighted by molar-refractivity contribution is 5.63. The standard InChI is InChI=1S/C14H21N/c1-6-12-9-13(10(3)4)11(5)8-14(12)15-7-2/h7-10H,6H2,1-5H3. The molecule has 0 atom stereocenters. The molecule has 15 heavy (non-hydrogen) atoms. The van der Waals surface area contributed by atoms with Crippen molar-refractivity contribution >= 4 is 11.9 Å². The van der Waals surface area contributed by atoms with Gasteiger partial charge < -0.3 is 0 Å². The maximum absolute atomic E-state index is 4.41. The fourth-order valence-electron chi connectivity index (χ4n) is 1.92. The quantitative estimate of drug-likeness (QED) is 0.645. The zero-order valence-corrected chi connectivity index (χ0v) is 10.5. The lowest BCUT2D eigenvalue weighted by molar-refractivity contribution is 0.852. The highest BCUT2D eigenvalue weighted by Gasteiger charge is 2.07. The molecule has 0 aromatic heterocycles. The molecule has 1 aromatic carbocycles. The first-order chi connectivity index (χ1) is 7.10. The predicted octanol–water partition coefficient (Wildman–Crippen LogP) is 4.40. The maximum Gasteiger partial charge on any atom is 0.0660 e. The van der Waals surface area contributed by atoms with E-state index in [-0.39, 0.29) is 0 Å². The Hall–Kier alpha value is -1.11. The fraction of sp³-hybridized carbons (Fsp3) is 0.500. The van der Waals surface area contributed by atoms with E-state index in [9.17, 15) is 0 Å². The van der Waals surface area contributed by atoms with E-state index < -0.39 is 0 Å². The van der Waals surface area contributed by atoms with Crippen LogP contribution in [0.1, 0.15) is 50.3 Å². The van der Waals surface area contributed by atoms with Gasteiger partial charge in [-0.3, -0.25) is 4.99 Å². The molecular formula is C14H21N. The summed E-state index contributed by atoms with van der Waals surface area (Å²) in [6, 6.07) is 4.51. The molecule has 1 rings (SSSR count). The van der Waals surface area contributed by atoms with Gasteiger partial charge in [-0.05, 0) is 48.9 Å². The predicted molar refractivity (Wildman–Crippen MR) is 68.5 cm³/mol. The fourth-order valence-corrected chi connectivity index (χ4v) is 1.92. The van der Waals surface area contributed by atoms with Crippen molar-refractivity contribution in [3.05, 3.63) is 28.8 Å². The van der Waals surface area contributed by atoms with Crippen LogP contribution in [0, 0.1) is 6.92 Å². The van der Waals surface area contributed by atoms with E-state index in [0.29, 0.717) is 5.92 Å². The normalized spacial score (nSPS) is 11.6. The molecule has 82 valence electrons. The SMILES string of the molecule is CC=Nc1cc(C)c(C(C)C)cc1CC. The molecule has 0 heterocycles. The van der Waals surface area contributed by atoms with Crippen molar-refractivity contribution in [1.82, 2.24) is 0 Å². The van der Waals surface area contributed by atoms with Crippen molar-refractivity contribution in [2.45, 2.75) is 47.0 Å². The highest BCUT2D eigenvalue weighted by Crippen LogP contribution is 2.28. The zero-order valence-electron chi connectivity index (χ0n) is 10.5. The number of rotatable bonds is 3. The molecule has 0 radical (unpaired) electrons. The number of nitrogens with zero attached hydrogens (tertiary/aromatic N) is 1. The Labute approximate surface area is 93.2 Å². The van der Waals surface area contributed by atoms with Gasteiger partial charge in [0, 0.05) is 6.21 Å². The van der Waals surface area contributed by atoms with Gasteiger partial charge in [0.15, 0.2) is 0 Å². The zero-order chi connectivity index (χ0) is 11.4. The van der Waals surface area contributed by atoms with Crippen LogP contribution in [0.15, 0.2) is 17.1 Å². The van der Waals surface area contributed by atoms with E-state index in [1.54, 1.807) is 0 Å². The maximum atomic E-state index is 4.41. The van der Waals surface area contributed by atoms with Crippen LogP contribution in [-0.2, 0) is 6.42 Å². The summed E-state index contributed by atoms with van der Waals surface area (Å²) in [4.78, 5) is 4.41. The summed E-state index contributed by atoms with van der Waals surface area (Å²) in [6.45, 7) is 10.8. The Balaban J connectivity index is 3.28. The molecular weight excluding hydrogens is 182 g/mol. The van der Waals surface area contributed by atoms with Crippen LogP contribution in [0.4, 0.5) is 5.69 Å². The topological polar surface area (TPSA) is 12.4 Å². The van der Waals surface area contributed by atoms with Gasteiger partial charge >= 0.3 is 0 Å². The molecule has 0 N–H and O–H groups in total. The van der Waals surface area contributed by atoms with E-state index in [0.717, 1.165) is 12.1 Å². The van der Waals surface area contributed by atoms with Crippen molar-refractivity contribution in [2.75, 3.05) is 0 Å². The molecule has 0 aliphatic rings. The number of aliphatic imine (C=N–C) groups is 1. The minimum atomic E-state index is 0.593. The summed E-state index contributed by atoms with van der Waals surface area (Å²) >= 11 is 0. The number of hydrogen-bond acceptors (Lipinski definition) is 1. The second-order valence-electron chi connectivity index (χ2n) is 4.23. The van der Waals surface area contributed by atoms with Gasteiger partial charge in [-0.2, -0.15) is 0 Å². The lowest BCUT2D eigenvalue weighted by atomic mass is 9.94. The summed E-state index contributed by atoms with van der Waals surface area (Å²) in [5.74, 6) is 0.593. The lowest BCUT2D eigenvalue weighted by Crippen LogP contribution is -1.95. The van der Waals surface area contributed by atoms with Crippen molar-refractivity contribution < 1.29 is 0 Å². The summed E-state index contributed by atoms with van der Waals surface area (Å²) in [6.07, 6.45) is 2.91. The lowest BCUT2D eigenvalue weighted by Gasteiger charge is -2.13.